The summed E-state index contributed by atoms with van der Waals surface area (Å²) in [6.07, 6.45) is 7.21. The van der Waals surface area contributed by atoms with Crippen LogP contribution >= 0.6 is 11.8 Å². The van der Waals surface area contributed by atoms with Crippen molar-refractivity contribution in [2.75, 3.05) is 19.1 Å². The molecule has 0 aliphatic heterocycles. The molecule has 1 aliphatic carbocycles. The highest BCUT2D eigenvalue weighted by molar-refractivity contribution is 7.98. The predicted octanol–water partition coefficient (Wildman–Crippen LogP) is 2.57. The summed E-state index contributed by atoms with van der Waals surface area (Å²) in [6, 6.07) is 1.14. The van der Waals surface area contributed by atoms with Gasteiger partial charge in [-0.25, -0.2) is 0 Å². The maximum absolute atomic E-state index is 11.4. The quantitative estimate of drug-likeness (QED) is 0.722. The van der Waals surface area contributed by atoms with Crippen LogP contribution in [-0.4, -0.2) is 41.8 Å². The number of ketones is 1. The van der Waals surface area contributed by atoms with E-state index in [2.05, 4.69) is 25.1 Å². The lowest BCUT2D eigenvalue weighted by Crippen LogP contribution is -2.43. The fraction of sp³-hybridized carbons (Fsp3) is 0.917. The first-order chi connectivity index (χ1) is 7.19. The number of Topliss-reactive ketones (excluding diaryl/α,β-unsaturated/α-hetero) is 1. The number of carbonyl (C=O) groups is 1. The second-order valence-corrected chi connectivity index (χ2v) is 5.38. The Balaban J connectivity index is 2.48. The van der Waals surface area contributed by atoms with Crippen LogP contribution in [0, 0.1) is 0 Å². The van der Waals surface area contributed by atoms with Gasteiger partial charge in [0.15, 0.2) is 0 Å². The lowest BCUT2D eigenvalue weighted by molar-refractivity contribution is -0.122. The van der Waals surface area contributed by atoms with Crippen molar-refractivity contribution in [3.8, 4) is 0 Å². The van der Waals surface area contributed by atoms with Crippen LogP contribution in [0.4, 0.5) is 0 Å². The average Bonchev–Trinajstić information content (AvgIpc) is 2.25. The van der Waals surface area contributed by atoms with E-state index in [1.807, 2.05) is 11.8 Å². The van der Waals surface area contributed by atoms with Crippen molar-refractivity contribution in [3.05, 3.63) is 0 Å². The van der Waals surface area contributed by atoms with Crippen LogP contribution in [0.5, 0.6) is 0 Å². The van der Waals surface area contributed by atoms with Gasteiger partial charge in [0.1, 0.15) is 5.78 Å². The highest BCUT2D eigenvalue weighted by Gasteiger charge is 2.26. The average molecular weight is 229 g/mol. The highest BCUT2D eigenvalue weighted by Crippen LogP contribution is 2.22. The van der Waals surface area contributed by atoms with Crippen LogP contribution in [0.2, 0.25) is 0 Å². The van der Waals surface area contributed by atoms with Gasteiger partial charge in [-0.2, -0.15) is 11.8 Å². The molecule has 0 N–H and O–H groups in total. The summed E-state index contributed by atoms with van der Waals surface area (Å²) in [5.41, 5.74) is 0. The van der Waals surface area contributed by atoms with E-state index >= 15 is 0 Å². The Kier molecular flexibility index (Phi) is 5.69. The maximum atomic E-state index is 11.4. The molecule has 1 rings (SSSR count). The molecular formula is C12H23NOS. The van der Waals surface area contributed by atoms with Gasteiger partial charge in [0, 0.05) is 30.7 Å². The van der Waals surface area contributed by atoms with E-state index < -0.39 is 0 Å². The number of thioether (sulfide) groups is 1. The first-order valence-corrected chi connectivity index (χ1v) is 7.31. The molecule has 0 radical (unpaired) electrons. The standard InChI is InChI=1S/C12H23NOS/c1-4-10(9-15-3)13(2)11-6-5-7-12(14)8-11/h10-11H,4-9H2,1-3H3. The molecule has 0 saturated heterocycles. The minimum absolute atomic E-state index is 0.456. The normalized spacial score (nSPS) is 24.5. The van der Waals surface area contributed by atoms with Gasteiger partial charge in [-0.1, -0.05) is 6.92 Å². The molecular weight excluding hydrogens is 206 g/mol. The molecule has 0 bridgehead atoms. The molecule has 0 amide bonds. The number of hydrogen-bond donors (Lipinski definition) is 0. The van der Waals surface area contributed by atoms with Crippen molar-refractivity contribution in [3.63, 3.8) is 0 Å². The third-order valence-electron chi connectivity index (χ3n) is 3.44. The molecule has 0 aromatic carbocycles. The van der Waals surface area contributed by atoms with E-state index in [4.69, 9.17) is 0 Å². The van der Waals surface area contributed by atoms with E-state index in [-0.39, 0.29) is 0 Å². The van der Waals surface area contributed by atoms with Crippen molar-refractivity contribution in [1.82, 2.24) is 4.90 Å². The summed E-state index contributed by atoms with van der Waals surface area (Å²) in [5, 5.41) is 0. The minimum atomic E-state index is 0.456. The van der Waals surface area contributed by atoms with Crippen molar-refractivity contribution in [1.29, 1.82) is 0 Å². The second-order valence-electron chi connectivity index (χ2n) is 4.47. The van der Waals surface area contributed by atoms with Gasteiger partial charge in [0.2, 0.25) is 0 Å². The third-order valence-corrected chi connectivity index (χ3v) is 4.16. The van der Waals surface area contributed by atoms with E-state index in [0.717, 1.165) is 19.3 Å². The third kappa shape index (κ3) is 3.80. The lowest BCUT2D eigenvalue weighted by Gasteiger charge is -2.36. The Morgan fingerprint density at radius 2 is 2.33 bits per heavy atom. The van der Waals surface area contributed by atoms with Crippen LogP contribution in [0.1, 0.15) is 39.0 Å². The monoisotopic (exact) mass is 229 g/mol. The van der Waals surface area contributed by atoms with Crippen molar-refractivity contribution < 1.29 is 4.79 Å². The van der Waals surface area contributed by atoms with Gasteiger partial charge in [0.25, 0.3) is 0 Å². The van der Waals surface area contributed by atoms with Crippen molar-refractivity contribution in [2.24, 2.45) is 0 Å². The molecule has 2 nitrogen and oxygen atoms in total. The number of rotatable bonds is 5. The van der Waals surface area contributed by atoms with Gasteiger partial charge in [0.05, 0.1) is 0 Å². The largest absolute Gasteiger partial charge is 0.300 e. The molecule has 15 heavy (non-hydrogen) atoms. The Labute approximate surface area is 97.8 Å². The zero-order valence-corrected chi connectivity index (χ0v) is 11.0. The van der Waals surface area contributed by atoms with Crippen LogP contribution in [-0.2, 0) is 4.79 Å². The van der Waals surface area contributed by atoms with E-state index in [1.54, 1.807) is 0 Å². The van der Waals surface area contributed by atoms with Crippen LogP contribution < -0.4 is 0 Å². The highest BCUT2D eigenvalue weighted by atomic mass is 32.2. The summed E-state index contributed by atoms with van der Waals surface area (Å²) in [6.45, 7) is 2.24. The Morgan fingerprint density at radius 1 is 1.60 bits per heavy atom. The van der Waals surface area contributed by atoms with Gasteiger partial charge in [-0.3, -0.25) is 9.69 Å². The zero-order valence-electron chi connectivity index (χ0n) is 10.2. The first kappa shape index (κ1) is 13.0. The molecule has 0 aromatic heterocycles. The summed E-state index contributed by atoms with van der Waals surface area (Å²) < 4.78 is 0. The number of carbonyl (C=O) groups excluding carboxylic acids is 1. The smallest absolute Gasteiger partial charge is 0.134 e. The Morgan fingerprint density at radius 3 is 2.87 bits per heavy atom. The lowest BCUT2D eigenvalue weighted by atomic mass is 9.92. The molecule has 0 spiro atoms. The van der Waals surface area contributed by atoms with Crippen LogP contribution in [0.15, 0.2) is 0 Å². The summed E-state index contributed by atoms with van der Waals surface area (Å²) >= 11 is 1.90. The summed E-state index contributed by atoms with van der Waals surface area (Å²) in [5.74, 6) is 1.63. The first-order valence-electron chi connectivity index (χ1n) is 5.91. The maximum Gasteiger partial charge on any atom is 0.134 e. The van der Waals surface area contributed by atoms with E-state index in [0.29, 0.717) is 17.9 Å². The van der Waals surface area contributed by atoms with Crippen molar-refractivity contribution in [2.45, 2.75) is 51.1 Å². The number of nitrogens with zero attached hydrogens (tertiary/aromatic N) is 1. The van der Waals surface area contributed by atoms with Crippen LogP contribution in [0.25, 0.3) is 0 Å². The fourth-order valence-electron chi connectivity index (χ4n) is 2.36. The molecule has 1 fully saturated rings. The molecule has 2 unspecified atom stereocenters. The molecule has 0 heterocycles. The predicted molar refractivity (Wildman–Crippen MR) is 67.5 cm³/mol. The Bertz CT molecular complexity index is 208. The topological polar surface area (TPSA) is 20.3 Å². The molecule has 0 aromatic rings. The molecule has 1 saturated carbocycles. The fourth-order valence-corrected chi connectivity index (χ4v) is 3.22. The second kappa shape index (κ2) is 6.54. The summed E-state index contributed by atoms with van der Waals surface area (Å²) in [4.78, 5) is 13.9. The van der Waals surface area contributed by atoms with Gasteiger partial charge in [-0.15, -0.1) is 0 Å². The molecule has 2 atom stereocenters. The SMILES string of the molecule is CCC(CSC)N(C)C1CCCC(=O)C1. The van der Waals surface area contributed by atoms with Crippen molar-refractivity contribution >= 4 is 17.5 Å². The Hall–Kier alpha value is -0.0200. The van der Waals surface area contributed by atoms with Gasteiger partial charge < -0.3 is 0 Å². The van der Waals surface area contributed by atoms with Gasteiger partial charge >= 0.3 is 0 Å². The molecule has 1 aliphatic rings. The zero-order chi connectivity index (χ0) is 11.3. The minimum Gasteiger partial charge on any atom is -0.300 e. The molecule has 88 valence electrons. The van der Waals surface area contributed by atoms with Gasteiger partial charge in [-0.05, 0) is 32.6 Å². The van der Waals surface area contributed by atoms with Crippen LogP contribution in [0.3, 0.4) is 0 Å². The van der Waals surface area contributed by atoms with E-state index in [9.17, 15) is 4.79 Å². The molecule has 3 heteroatoms. The summed E-state index contributed by atoms with van der Waals surface area (Å²) in [7, 11) is 2.19. The van der Waals surface area contributed by atoms with E-state index in [1.165, 1.54) is 18.6 Å². The number of hydrogen-bond acceptors (Lipinski definition) is 3.